The van der Waals surface area contributed by atoms with Crippen molar-refractivity contribution in [1.82, 2.24) is 5.32 Å². The first-order valence-corrected chi connectivity index (χ1v) is 4.50. The van der Waals surface area contributed by atoms with Gasteiger partial charge in [0.1, 0.15) is 12.5 Å². The quantitative estimate of drug-likeness (QED) is 0.359. The molecule has 0 saturated carbocycles. The summed E-state index contributed by atoms with van der Waals surface area (Å²) in [6.45, 7) is 0.537. The molecule has 0 amide bonds. The zero-order valence-corrected chi connectivity index (χ0v) is 7.67. The van der Waals surface area contributed by atoms with Gasteiger partial charge in [0.2, 0.25) is 0 Å². The molecule has 0 radical (unpaired) electrons. The molecule has 0 aromatic heterocycles. The summed E-state index contributed by atoms with van der Waals surface area (Å²) in [6, 6.07) is 9.71. The first-order valence-electron chi connectivity index (χ1n) is 3.38. The van der Waals surface area contributed by atoms with E-state index in [1.54, 1.807) is 0 Å². The van der Waals surface area contributed by atoms with E-state index in [0.717, 1.165) is 11.2 Å². The van der Waals surface area contributed by atoms with Crippen molar-refractivity contribution >= 4 is 15.9 Å². The van der Waals surface area contributed by atoms with Crippen molar-refractivity contribution in [2.24, 2.45) is 0 Å². The molecule has 0 heterocycles. The van der Waals surface area contributed by atoms with E-state index < -0.39 is 0 Å². The lowest BCUT2D eigenvalue weighted by Crippen LogP contribution is -2.17. The predicted molar refractivity (Wildman–Crippen MR) is 48.9 cm³/mol. The molecule has 1 aromatic carbocycles. The van der Waals surface area contributed by atoms with Crippen LogP contribution in [0.1, 0.15) is 0 Å². The van der Waals surface area contributed by atoms with Crippen LogP contribution in [0.15, 0.2) is 30.3 Å². The summed E-state index contributed by atoms with van der Waals surface area (Å²) in [5.41, 5.74) is 0.750. The number of rotatable bonds is 4. The van der Waals surface area contributed by atoms with Gasteiger partial charge in [0.05, 0.1) is 5.45 Å². The van der Waals surface area contributed by atoms with Crippen molar-refractivity contribution in [3.63, 3.8) is 0 Å². The van der Waals surface area contributed by atoms with E-state index >= 15 is 0 Å². The number of hydrogen-bond donors (Lipinski definition) is 1. The van der Waals surface area contributed by atoms with Gasteiger partial charge < -0.3 is 4.74 Å². The third-order valence-corrected chi connectivity index (χ3v) is 1.58. The van der Waals surface area contributed by atoms with Gasteiger partial charge in [-0.25, -0.2) is 0 Å². The average molecular weight is 216 g/mol. The highest BCUT2D eigenvalue weighted by atomic mass is 79.9. The van der Waals surface area contributed by atoms with Gasteiger partial charge in [0.25, 0.3) is 0 Å². The lowest BCUT2D eigenvalue weighted by molar-refractivity contribution is 0.294. The average Bonchev–Trinajstić information content (AvgIpc) is 2.07. The molecule has 0 fully saturated rings. The molecule has 60 valence electrons. The van der Waals surface area contributed by atoms with Crippen LogP contribution in [0.25, 0.3) is 0 Å². The third kappa shape index (κ3) is 3.39. The second-order valence-corrected chi connectivity index (χ2v) is 2.55. The monoisotopic (exact) mass is 215 g/mol. The second kappa shape index (κ2) is 5.16. The lowest BCUT2D eigenvalue weighted by Gasteiger charge is -2.04. The Morgan fingerprint density at radius 3 is 2.64 bits per heavy atom. The van der Waals surface area contributed by atoms with Gasteiger partial charge in [-0.1, -0.05) is 34.1 Å². The largest absolute Gasteiger partial charge is 0.478 e. The van der Waals surface area contributed by atoms with E-state index in [2.05, 4.69) is 21.2 Å². The minimum atomic E-state index is 0.537. The first-order chi connectivity index (χ1) is 5.43. The Bertz CT molecular complexity index is 191. The van der Waals surface area contributed by atoms with E-state index in [-0.39, 0.29) is 0 Å². The maximum atomic E-state index is 5.31. The van der Waals surface area contributed by atoms with Crippen molar-refractivity contribution in [1.29, 1.82) is 0 Å². The van der Waals surface area contributed by atoms with E-state index in [9.17, 15) is 0 Å². The van der Waals surface area contributed by atoms with Crippen molar-refractivity contribution < 1.29 is 4.74 Å². The Morgan fingerprint density at radius 2 is 2.00 bits per heavy atom. The van der Waals surface area contributed by atoms with Crippen molar-refractivity contribution in [2.75, 3.05) is 12.2 Å². The molecule has 0 unspecified atom stereocenters. The van der Waals surface area contributed by atoms with Gasteiger partial charge >= 0.3 is 0 Å². The van der Waals surface area contributed by atoms with E-state index in [4.69, 9.17) is 4.74 Å². The molecule has 1 aromatic rings. The standard InChI is InChI=1S/C8H10BrNO/c9-6-10-7-11-8-4-2-1-3-5-8/h1-5,10H,6-7H2. The second-order valence-electron chi connectivity index (χ2n) is 1.99. The molecule has 2 nitrogen and oxygen atoms in total. The van der Waals surface area contributed by atoms with Gasteiger partial charge in [-0.15, -0.1) is 0 Å². The SMILES string of the molecule is BrCNCOc1ccccc1. The molecule has 1 N–H and O–H groups in total. The van der Waals surface area contributed by atoms with Crippen LogP contribution < -0.4 is 10.1 Å². The highest BCUT2D eigenvalue weighted by Gasteiger charge is 1.87. The minimum Gasteiger partial charge on any atom is -0.478 e. The third-order valence-electron chi connectivity index (χ3n) is 1.18. The van der Waals surface area contributed by atoms with Gasteiger partial charge in [-0.2, -0.15) is 0 Å². The van der Waals surface area contributed by atoms with Crippen LogP contribution >= 0.6 is 15.9 Å². The van der Waals surface area contributed by atoms with E-state index in [1.165, 1.54) is 0 Å². The van der Waals surface area contributed by atoms with Gasteiger partial charge in [0, 0.05) is 0 Å². The maximum Gasteiger partial charge on any atom is 0.140 e. The van der Waals surface area contributed by atoms with Crippen LogP contribution in [0.5, 0.6) is 5.75 Å². The smallest absolute Gasteiger partial charge is 0.140 e. The van der Waals surface area contributed by atoms with Crippen LogP contribution in [0.3, 0.4) is 0 Å². The molecular formula is C8H10BrNO. The van der Waals surface area contributed by atoms with Gasteiger partial charge in [-0.3, -0.25) is 5.32 Å². The molecule has 0 aliphatic rings. The molecule has 1 rings (SSSR count). The molecule has 0 atom stereocenters. The molecule has 0 spiro atoms. The summed E-state index contributed by atoms with van der Waals surface area (Å²) in [7, 11) is 0. The number of benzene rings is 1. The topological polar surface area (TPSA) is 21.3 Å². The molecule has 0 bridgehead atoms. The highest BCUT2D eigenvalue weighted by molar-refractivity contribution is 9.09. The number of para-hydroxylation sites is 1. The summed E-state index contributed by atoms with van der Waals surface area (Å²) in [6.07, 6.45) is 0. The molecule has 0 aliphatic heterocycles. The van der Waals surface area contributed by atoms with E-state index in [0.29, 0.717) is 6.73 Å². The minimum absolute atomic E-state index is 0.537. The zero-order valence-electron chi connectivity index (χ0n) is 6.09. The van der Waals surface area contributed by atoms with Crippen LogP contribution in [0.4, 0.5) is 0 Å². The van der Waals surface area contributed by atoms with Crippen molar-refractivity contribution in [3.05, 3.63) is 30.3 Å². The fourth-order valence-corrected chi connectivity index (χ4v) is 0.852. The van der Waals surface area contributed by atoms with Crippen LogP contribution in [0, 0.1) is 0 Å². The Hall–Kier alpha value is -0.540. The summed E-state index contributed by atoms with van der Waals surface area (Å²) in [5.74, 6) is 0.890. The number of alkyl halides is 1. The maximum absolute atomic E-state index is 5.31. The molecule has 0 saturated heterocycles. The molecule has 3 heteroatoms. The number of nitrogens with one attached hydrogen (secondary N) is 1. The zero-order chi connectivity index (χ0) is 7.94. The first kappa shape index (κ1) is 8.56. The summed E-state index contributed by atoms with van der Waals surface area (Å²) >= 11 is 3.23. The molecule has 11 heavy (non-hydrogen) atoms. The van der Waals surface area contributed by atoms with Crippen LogP contribution in [0.2, 0.25) is 0 Å². The Labute approximate surface area is 74.7 Å². The van der Waals surface area contributed by atoms with Crippen LogP contribution in [-0.4, -0.2) is 12.2 Å². The Morgan fingerprint density at radius 1 is 1.27 bits per heavy atom. The Kier molecular flexibility index (Phi) is 4.01. The summed E-state index contributed by atoms with van der Waals surface area (Å²) in [4.78, 5) is 0. The van der Waals surface area contributed by atoms with Gasteiger partial charge in [0.15, 0.2) is 0 Å². The van der Waals surface area contributed by atoms with Gasteiger partial charge in [-0.05, 0) is 12.1 Å². The molecule has 0 aliphatic carbocycles. The Balaban J connectivity index is 2.28. The summed E-state index contributed by atoms with van der Waals surface area (Å²) < 4.78 is 5.31. The number of halogens is 1. The fraction of sp³-hybridized carbons (Fsp3) is 0.250. The lowest BCUT2D eigenvalue weighted by atomic mass is 10.3. The normalized spacial score (nSPS) is 9.55. The predicted octanol–water partition coefficient (Wildman–Crippen LogP) is 1.96. The highest BCUT2D eigenvalue weighted by Crippen LogP contribution is 2.06. The van der Waals surface area contributed by atoms with Crippen molar-refractivity contribution in [3.8, 4) is 5.75 Å². The van der Waals surface area contributed by atoms with E-state index in [1.807, 2.05) is 30.3 Å². The fourth-order valence-electron chi connectivity index (χ4n) is 0.690. The summed E-state index contributed by atoms with van der Waals surface area (Å²) in [5, 5.41) is 2.99. The van der Waals surface area contributed by atoms with Crippen molar-refractivity contribution in [2.45, 2.75) is 0 Å². The number of ether oxygens (including phenoxy) is 1. The van der Waals surface area contributed by atoms with Crippen LogP contribution in [-0.2, 0) is 0 Å². The molecular weight excluding hydrogens is 206 g/mol. The number of hydrogen-bond acceptors (Lipinski definition) is 2.